The van der Waals surface area contributed by atoms with Crippen molar-refractivity contribution in [3.8, 4) is 78.7 Å². The minimum absolute atomic E-state index is 0.583. The Kier molecular flexibility index (Phi) is 8.75. The third kappa shape index (κ3) is 6.58. The number of hydrogen-bond acceptors (Lipinski definition) is 4. The lowest BCUT2D eigenvalue weighted by Crippen LogP contribution is -2.01. The van der Waals surface area contributed by atoms with Gasteiger partial charge in [-0.05, 0) is 77.6 Å². The molecule has 0 aliphatic heterocycles. The molecule has 5 heteroatoms. The van der Waals surface area contributed by atoms with Crippen molar-refractivity contribution >= 4 is 11.6 Å². The van der Waals surface area contributed by atoms with Gasteiger partial charge >= 0.3 is 0 Å². The Labute approximate surface area is 303 Å². The molecule has 0 radical (unpaired) electrons. The topological polar surface area (TPSA) is 51.6 Å². The second kappa shape index (κ2) is 13.9. The molecule has 0 atom stereocenters. The van der Waals surface area contributed by atoms with Crippen molar-refractivity contribution in [2.75, 3.05) is 0 Å². The van der Waals surface area contributed by atoms with Crippen LogP contribution in [-0.4, -0.2) is 19.9 Å². The Hall–Kier alpha value is -6.23. The molecule has 0 saturated heterocycles. The van der Waals surface area contributed by atoms with Crippen LogP contribution in [0.15, 0.2) is 164 Å². The number of pyridine rings is 1. The van der Waals surface area contributed by atoms with Crippen LogP contribution in [0.25, 0.3) is 78.7 Å². The van der Waals surface area contributed by atoms with Crippen molar-refractivity contribution < 1.29 is 0 Å². The van der Waals surface area contributed by atoms with Gasteiger partial charge in [-0.25, -0.2) is 15.0 Å². The van der Waals surface area contributed by atoms with Crippen LogP contribution in [-0.2, 0) is 0 Å². The van der Waals surface area contributed by atoms with E-state index in [9.17, 15) is 0 Å². The lowest BCUT2D eigenvalue weighted by Gasteiger charge is -2.18. The summed E-state index contributed by atoms with van der Waals surface area (Å²) in [5.74, 6) is 1.81. The molecule has 51 heavy (non-hydrogen) atoms. The van der Waals surface area contributed by atoms with Gasteiger partial charge in [0.2, 0.25) is 0 Å². The van der Waals surface area contributed by atoms with Gasteiger partial charge in [-0.1, -0.05) is 145 Å². The zero-order chi connectivity index (χ0) is 34.7. The number of aryl methyl sites for hydroxylation is 2. The van der Waals surface area contributed by atoms with E-state index in [1.54, 1.807) is 0 Å². The molecule has 6 aromatic carbocycles. The number of nitrogens with zero attached hydrogens (tertiary/aromatic N) is 4. The van der Waals surface area contributed by atoms with Crippen LogP contribution < -0.4 is 0 Å². The smallest absolute Gasteiger partial charge is 0.164 e. The van der Waals surface area contributed by atoms with E-state index in [0.717, 1.165) is 72.6 Å². The molecule has 2 heterocycles. The number of halogens is 1. The molecule has 0 amide bonds. The number of benzene rings is 6. The third-order valence-electron chi connectivity index (χ3n) is 9.03. The van der Waals surface area contributed by atoms with Crippen LogP contribution >= 0.6 is 11.6 Å². The molecule has 0 aliphatic carbocycles. The highest BCUT2D eigenvalue weighted by atomic mass is 35.5. The molecule has 8 rings (SSSR count). The Balaban J connectivity index is 1.41. The molecule has 8 aromatic rings. The molecule has 2 aromatic heterocycles. The first-order valence-corrected chi connectivity index (χ1v) is 17.3. The standard InChI is InChI=1S/C46H33ClN4/c1-30-25-26-38(31(2)48-30)43-41(23-14-24-42(43)47)36-27-35(40-22-13-12-21-39(40)32-15-6-3-7-16-32)28-37(29-36)46-50-44(33-17-8-4-9-18-33)49-45(51-46)34-19-10-5-11-20-34/h3-29H,1-2H3. The number of rotatable bonds is 7. The minimum Gasteiger partial charge on any atom is -0.258 e. The molecule has 0 N–H and O–H groups in total. The second-order valence-corrected chi connectivity index (χ2v) is 12.9. The maximum Gasteiger partial charge on any atom is 0.164 e. The lowest BCUT2D eigenvalue weighted by atomic mass is 9.88. The van der Waals surface area contributed by atoms with Crippen LogP contribution in [0, 0.1) is 13.8 Å². The summed E-state index contributed by atoms with van der Waals surface area (Å²) in [6.45, 7) is 4.04. The molecule has 0 unspecified atom stereocenters. The summed E-state index contributed by atoms with van der Waals surface area (Å²) in [6.07, 6.45) is 0. The quantitative estimate of drug-likeness (QED) is 0.169. The first-order chi connectivity index (χ1) is 25.0. The van der Waals surface area contributed by atoms with Crippen molar-refractivity contribution in [2.45, 2.75) is 13.8 Å². The van der Waals surface area contributed by atoms with Crippen LogP contribution in [0.1, 0.15) is 11.4 Å². The van der Waals surface area contributed by atoms with Gasteiger partial charge in [0.25, 0.3) is 0 Å². The van der Waals surface area contributed by atoms with E-state index in [4.69, 9.17) is 31.5 Å². The maximum atomic E-state index is 7.06. The SMILES string of the molecule is Cc1ccc(-c2c(Cl)cccc2-c2cc(-c3nc(-c4ccccc4)nc(-c4ccccc4)n3)cc(-c3ccccc3-c3ccccc3)c2)c(C)n1. The first kappa shape index (κ1) is 32.0. The third-order valence-corrected chi connectivity index (χ3v) is 9.35. The fourth-order valence-electron chi connectivity index (χ4n) is 6.60. The van der Waals surface area contributed by atoms with Gasteiger partial charge in [0.1, 0.15) is 0 Å². The molecule has 0 bridgehead atoms. The summed E-state index contributed by atoms with van der Waals surface area (Å²) in [4.78, 5) is 20.0. The summed E-state index contributed by atoms with van der Waals surface area (Å²) in [6, 6.07) is 56.0. The van der Waals surface area contributed by atoms with Crippen LogP contribution in [0.3, 0.4) is 0 Å². The van der Waals surface area contributed by atoms with Crippen LogP contribution in [0.5, 0.6) is 0 Å². The zero-order valence-electron chi connectivity index (χ0n) is 28.3. The van der Waals surface area contributed by atoms with Crippen molar-refractivity contribution in [2.24, 2.45) is 0 Å². The van der Waals surface area contributed by atoms with Gasteiger partial charge < -0.3 is 0 Å². The van der Waals surface area contributed by atoms with E-state index in [1.165, 1.54) is 0 Å². The van der Waals surface area contributed by atoms with Gasteiger partial charge in [-0.15, -0.1) is 0 Å². The number of hydrogen-bond donors (Lipinski definition) is 0. The monoisotopic (exact) mass is 676 g/mol. The average Bonchev–Trinajstić information content (AvgIpc) is 3.19. The lowest BCUT2D eigenvalue weighted by molar-refractivity contribution is 1.07. The molecule has 0 aliphatic rings. The predicted octanol–water partition coefficient (Wildman–Crippen LogP) is 12.2. The summed E-state index contributed by atoms with van der Waals surface area (Å²) >= 11 is 7.06. The van der Waals surface area contributed by atoms with Crippen molar-refractivity contribution in [3.63, 3.8) is 0 Å². The first-order valence-electron chi connectivity index (χ1n) is 16.9. The molecule has 0 spiro atoms. The minimum atomic E-state index is 0.583. The Morgan fingerprint density at radius 2 is 0.804 bits per heavy atom. The van der Waals surface area contributed by atoms with Gasteiger partial charge in [0.15, 0.2) is 17.5 Å². The number of aromatic nitrogens is 4. The fourth-order valence-corrected chi connectivity index (χ4v) is 6.88. The highest BCUT2D eigenvalue weighted by Crippen LogP contribution is 2.43. The highest BCUT2D eigenvalue weighted by molar-refractivity contribution is 6.34. The summed E-state index contributed by atoms with van der Waals surface area (Å²) < 4.78 is 0. The maximum absolute atomic E-state index is 7.06. The van der Waals surface area contributed by atoms with Gasteiger partial charge in [-0.3, -0.25) is 4.98 Å². The van der Waals surface area contributed by atoms with Crippen LogP contribution in [0.4, 0.5) is 0 Å². The fraction of sp³-hybridized carbons (Fsp3) is 0.0435. The van der Waals surface area contributed by atoms with Gasteiger partial charge in [0.05, 0.1) is 0 Å². The Morgan fingerprint density at radius 3 is 1.37 bits per heavy atom. The predicted molar refractivity (Wildman–Crippen MR) is 210 cm³/mol. The van der Waals surface area contributed by atoms with E-state index in [1.807, 2.05) is 98.8 Å². The average molecular weight is 677 g/mol. The Morgan fingerprint density at radius 1 is 0.353 bits per heavy atom. The van der Waals surface area contributed by atoms with E-state index in [2.05, 4.69) is 78.9 Å². The largest absolute Gasteiger partial charge is 0.258 e. The van der Waals surface area contributed by atoms with Crippen molar-refractivity contribution in [1.29, 1.82) is 0 Å². The van der Waals surface area contributed by atoms with Crippen LogP contribution in [0.2, 0.25) is 5.02 Å². The Bertz CT molecular complexity index is 2440. The van der Waals surface area contributed by atoms with E-state index in [0.29, 0.717) is 22.5 Å². The molecule has 4 nitrogen and oxygen atoms in total. The van der Waals surface area contributed by atoms with Gasteiger partial charge in [-0.2, -0.15) is 0 Å². The van der Waals surface area contributed by atoms with E-state index < -0.39 is 0 Å². The molecule has 0 saturated carbocycles. The van der Waals surface area contributed by atoms with E-state index in [-0.39, 0.29) is 0 Å². The van der Waals surface area contributed by atoms with Gasteiger partial charge in [0, 0.05) is 44.2 Å². The van der Waals surface area contributed by atoms with E-state index >= 15 is 0 Å². The van der Waals surface area contributed by atoms with Crippen molar-refractivity contribution in [3.05, 3.63) is 180 Å². The summed E-state index contributed by atoms with van der Waals surface area (Å²) in [7, 11) is 0. The van der Waals surface area contributed by atoms with Crippen molar-refractivity contribution in [1.82, 2.24) is 19.9 Å². The second-order valence-electron chi connectivity index (χ2n) is 12.5. The summed E-state index contributed by atoms with van der Waals surface area (Å²) in [5, 5.41) is 0.663. The zero-order valence-corrected chi connectivity index (χ0v) is 29.0. The summed E-state index contributed by atoms with van der Waals surface area (Å²) in [5.41, 5.74) is 12.9. The molecule has 244 valence electrons. The molecule has 0 fully saturated rings. The highest BCUT2D eigenvalue weighted by Gasteiger charge is 2.19. The molecular weight excluding hydrogens is 644 g/mol. The molecular formula is C46H33ClN4. The normalized spacial score (nSPS) is 11.0.